The number of methoxy groups -OCH3 is 1. The third kappa shape index (κ3) is 3.28. The summed E-state index contributed by atoms with van der Waals surface area (Å²) in [6, 6.07) is 13.4. The van der Waals surface area contributed by atoms with Crippen LogP contribution < -0.4 is 10.1 Å². The number of rotatable bonds is 4. The molecule has 2 rings (SSSR count). The van der Waals surface area contributed by atoms with Gasteiger partial charge in [-0.05, 0) is 57.9 Å². The third-order valence-corrected chi connectivity index (χ3v) is 3.41. The Balaban J connectivity index is 2.19. The van der Waals surface area contributed by atoms with Gasteiger partial charge >= 0.3 is 0 Å². The summed E-state index contributed by atoms with van der Waals surface area (Å²) in [7, 11) is 1.59. The molecule has 0 heterocycles. The predicted molar refractivity (Wildman–Crippen MR) is 79.1 cm³/mol. The van der Waals surface area contributed by atoms with Crippen LogP contribution in [0.4, 0.5) is 10.1 Å². The van der Waals surface area contributed by atoms with Crippen molar-refractivity contribution in [2.45, 2.75) is 6.04 Å². The maximum atomic E-state index is 13.2. The molecular weight excluding hydrogens is 323 g/mol. The molecule has 5 heteroatoms. The van der Waals surface area contributed by atoms with E-state index < -0.39 is 6.04 Å². The van der Waals surface area contributed by atoms with Crippen LogP contribution in [0.1, 0.15) is 11.6 Å². The zero-order chi connectivity index (χ0) is 14.5. The van der Waals surface area contributed by atoms with Crippen molar-refractivity contribution < 1.29 is 9.13 Å². The summed E-state index contributed by atoms with van der Waals surface area (Å²) >= 11 is 3.12. The highest BCUT2D eigenvalue weighted by Crippen LogP contribution is 2.25. The van der Waals surface area contributed by atoms with Crippen molar-refractivity contribution in [2.75, 3.05) is 12.4 Å². The number of anilines is 1. The number of nitriles is 1. The van der Waals surface area contributed by atoms with Crippen LogP contribution >= 0.6 is 15.9 Å². The lowest BCUT2D eigenvalue weighted by Gasteiger charge is -2.14. The first-order valence-corrected chi connectivity index (χ1v) is 6.68. The van der Waals surface area contributed by atoms with E-state index in [0.29, 0.717) is 10.0 Å². The van der Waals surface area contributed by atoms with Crippen molar-refractivity contribution in [3.63, 3.8) is 0 Å². The van der Waals surface area contributed by atoms with Gasteiger partial charge in [-0.1, -0.05) is 6.07 Å². The molecule has 0 aliphatic heterocycles. The number of nitrogens with zero attached hydrogens (tertiary/aromatic N) is 1. The van der Waals surface area contributed by atoms with E-state index in [4.69, 9.17) is 4.74 Å². The molecule has 0 saturated heterocycles. The van der Waals surface area contributed by atoms with E-state index in [1.165, 1.54) is 6.07 Å². The quantitative estimate of drug-likeness (QED) is 0.907. The average Bonchev–Trinajstić information content (AvgIpc) is 2.48. The number of benzene rings is 2. The highest BCUT2D eigenvalue weighted by molar-refractivity contribution is 9.10. The Morgan fingerprint density at radius 1 is 1.25 bits per heavy atom. The van der Waals surface area contributed by atoms with Gasteiger partial charge in [0.25, 0.3) is 0 Å². The number of halogens is 2. The topological polar surface area (TPSA) is 45.0 Å². The van der Waals surface area contributed by atoms with Crippen molar-refractivity contribution in [2.24, 2.45) is 0 Å². The summed E-state index contributed by atoms with van der Waals surface area (Å²) in [4.78, 5) is 0. The van der Waals surface area contributed by atoms with Gasteiger partial charge in [-0.15, -0.1) is 0 Å². The van der Waals surface area contributed by atoms with Crippen molar-refractivity contribution in [3.8, 4) is 11.8 Å². The van der Waals surface area contributed by atoms with E-state index >= 15 is 0 Å². The average molecular weight is 335 g/mol. The first kappa shape index (κ1) is 14.4. The molecule has 1 N–H and O–H groups in total. The molecule has 1 atom stereocenters. The Hall–Kier alpha value is -2.06. The first-order valence-electron chi connectivity index (χ1n) is 5.89. The Bertz CT molecular complexity index is 637. The van der Waals surface area contributed by atoms with Gasteiger partial charge in [0.05, 0.1) is 17.7 Å². The lowest BCUT2D eigenvalue weighted by Crippen LogP contribution is -2.08. The monoisotopic (exact) mass is 334 g/mol. The van der Waals surface area contributed by atoms with Gasteiger partial charge in [0.2, 0.25) is 0 Å². The van der Waals surface area contributed by atoms with Gasteiger partial charge in [0, 0.05) is 5.69 Å². The van der Waals surface area contributed by atoms with Crippen molar-refractivity contribution in [3.05, 3.63) is 58.3 Å². The highest BCUT2D eigenvalue weighted by atomic mass is 79.9. The minimum atomic E-state index is -0.555. The van der Waals surface area contributed by atoms with Gasteiger partial charge in [-0.3, -0.25) is 0 Å². The zero-order valence-corrected chi connectivity index (χ0v) is 12.3. The predicted octanol–water partition coefficient (Wildman–Crippen LogP) is 4.27. The largest absolute Gasteiger partial charge is 0.497 e. The Morgan fingerprint density at radius 2 is 1.95 bits per heavy atom. The number of ether oxygens (including phenoxy) is 1. The van der Waals surface area contributed by atoms with Crippen LogP contribution in [0.5, 0.6) is 5.75 Å². The molecule has 2 aromatic carbocycles. The highest BCUT2D eigenvalue weighted by Gasteiger charge is 2.12. The van der Waals surface area contributed by atoms with Crippen LogP contribution in [0.15, 0.2) is 46.9 Å². The van der Waals surface area contributed by atoms with Crippen molar-refractivity contribution in [1.29, 1.82) is 5.26 Å². The van der Waals surface area contributed by atoms with Crippen molar-refractivity contribution in [1.82, 2.24) is 0 Å². The molecule has 0 fully saturated rings. The molecule has 102 valence electrons. The van der Waals surface area contributed by atoms with Gasteiger partial charge < -0.3 is 10.1 Å². The smallest absolute Gasteiger partial charge is 0.140 e. The molecule has 1 unspecified atom stereocenters. The van der Waals surface area contributed by atoms with E-state index in [0.717, 1.165) is 11.4 Å². The van der Waals surface area contributed by atoms with Crippen LogP contribution in [-0.4, -0.2) is 7.11 Å². The number of nitrogens with one attached hydrogen (secondary N) is 1. The van der Waals surface area contributed by atoms with Crippen LogP contribution in [0, 0.1) is 17.1 Å². The summed E-state index contributed by atoms with van der Waals surface area (Å²) in [6.45, 7) is 0. The second-order valence-corrected chi connectivity index (χ2v) is 4.96. The molecule has 2 aromatic rings. The van der Waals surface area contributed by atoms with Gasteiger partial charge in [-0.2, -0.15) is 5.26 Å². The molecule has 0 spiro atoms. The van der Waals surface area contributed by atoms with E-state index in [1.54, 1.807) is 31.4 Å². The Kier molecular flexibility index (Phi) is 4.59. The third-order valence-electron chi connectivity index (χ3n) is 2.81. The SMILES string of the molecule is COc1ccc(NC(C#N)c2ccc(F)c(Br)c2)cc1. The van der Waals surface area contributed by atoms with E-state index in [2.05, 4.69) is 27.3 Å². The fourth-order valence-electron chi connectivity index (χ4n) is 1.74. The fourth-order valence-corrected chi connectivity index (χ4v) is 2.13. The molecule has 0 aromatic heterocycles. The Labute approximate surface area is 125 Å². The van der Waals surface area contributed by atoms with Gasteiger partial charge in [0.15, 0.2) is 0 Å². The molecule has 0 aliphatic carbocycles. The maximum absolute atomic E-state index is 13.2. The van der Waals surface area contributed by atoms with Crippen LogP contribution in [-0.2, 0) is 0 Å². The van der Waals surface area contributed by atoms with Crippen LogP contribution in [0.25, 0.3) is 0 Å². The van der Waals surface area contributed by atoms with Crippen LogP contribution in [0.3, 0.4) is 0 Å². The maximum Gasteiger partial charge on any atom is 0.140 e. The molecule has 3 nitrogen and oxygen atoms in total. The summed E-state index contributed by atoms with van der Waals surface area (Å²) in [5.74, 6) is 0.392. The lowest BCUT2D eigenvalue weighted by molar-refractivity contribution is 0.415. The minimum absolute atomic E-state index is 0.340. The first-order chi connectivity index (χ1) is 9.63. The normalized spacial score (nSPS) is 11.5. The zero-order valence-electron chi connectivity index (χ0n) is 10.7. The molecule has 0 radical (unpaired) electrons. The molecular formula is C15H12BrFN2O. The molecule has 0 saturated carbocycles. The van der Waals surface area contributed by atoms with E-state index in [-0.39, 0.29) is 5.82 Å². The summed E-state index contributed by atoms with van der Waals surface area (Å²) in [5.41, 5.74) is 1.48. The summed E-state index contributed by atoms with van der Waals surface area (Å²) in [6.07, 6.45) is 0. The second-order valence-electron chi connectivity index (χ2n) is 4.11. The van der Waals surface area contributed by atoms with Gasteiger partial charge in [-0.25, -0.2) is 4.39 Å². The Morgan fingerprint density at radius 3 is 2.50 bits per heavy atom. The number of hydrogen-bond donors (Lipinski definition) is 1. The molecule has 0 amide bonds. The molecule has 0 aliphatic rings. The number of hydrogen-bond acceptors (Lipinski definition) is 3. The minimum Gasteiger partial charge on any atom is -0.497 e. The molecule has 20 heavy (non-hydrogen) atoms. The van der Waals surface area contributed by atoms with E-state index in [9.17, 15) is 9.65 Å². The van der Waals surface area contributed by atoms with Crippen molar-refractivity contribution >= 4 is 21.6 Å². The van der Waals surface area contributed by atoms with Crippen LogP contribution in [0.2, 0.25) is 0 Å². The van der Waals surface area contributed by atoms with E-state index in [1.807, 2.05) is 12.1 Å². The summed E-state index contributed by atoms with van der Waals surface area (Å²) < 4.78 is 18.6. The fraction of sp³-hybridized carbons (Fsp3) is 0.133. The lowest BCUT2D eigenvalue weighted by atomic mass is 10.1. The summed E-state index contributed by atoms with van der Waals surface area (Å²) in [5, 5.41) is 12.3. The molecule has 0 bridgehead atoms. The van der Waals surface area contributed by atoms with Gasteiger partial charge in [0.1, 0.15) is 17.6 Å². The standard InChI is InChI=1S/C15H12BrFN2O/c1-20-12-5-3-11(4-6-12)19-15(9-18)10-2-7-14(17)13(16)8-10/h2-8,15,19H,1H3. The second kappa shape index (κ2) is 6.40.